The maximum Gasteiger partial charge on any atom is 0.133 e. The van der Waals surface area contributed by atoms with Gasteiger partial charge in [-0.3, -0.25) is 0 Å². The number of halogens is 1. The Morgan fingerprint density at radius 1 is 1.11 bits per heavy atom. The molecule has 0 bridgehead atoms. The van der Waals surface area contributed by atoms with Gasteiger partial charge in [0, 0.05) is 11.6 Å². The van der Waals surface area contributed by atoms with Gasteiger partial charge in [-0.2, -0.15) is 0 Å². The van der Waals surface area contributed by atoms with Crippen molar-refractivity contribution in [3.05, 3.63) is 22.7 Å². The Morgan fingerprint density at radius 2 is 1.84 bits per heavy atom. The molecule has 1 aromatic rings. The van der Waals surface area contributed by atoms with E-state index in [2.05, 4.69) is 18.8 Å². The van der Waals surface area contributed by atoms with Gasteiger partial charge in [0.15, 0.2) is 0 Å². The smallest absolute Gasteiger partial charge is 0.133 e. The average Bonchev–Trinajstić information content (AvgIpc) is 2.40. The molecule has 106 valence electrons. The molecule has 0 aliphatic heterocycles. The van der Waals surface area contributed by atoms with E-state index in [9.17, 15) is 0 Å². The highest BCUT2D eigenvalue weighted by Gasteiger charge is 2.24. The van der Waals surface area contributed by atoms with Gasteiger partial charge in [-0.1, -0.05) is 44.7 Å². The largest absolute Gasteiger partial charge is 0.238 e. The zero-order valence-corrected chi connectivity index (χ0v) is 12.9. The molecule has 1 fully saturated rings. The Hall–Kier alpha value is -0.630. The third-order valence-electron chi connectivity index (χ3n) is 4.18. The fourth-order valence-electron chi connectivity index (χ4n) is 3.17. The molecule has 0 radical (unpaired) electrons. The quantitative estimate of drug-likeness (QED) is 0.697. The van der Waals surface area contributed by atoms with E-state index in [0.29, 0.717) is 11.1 Å². The standard InChI is InChI=1S/C16H25ClN2/c1-3-5-12-7-9-13(10-8-12)16-18-14(6-4-2)11-15(17)19-16/h11-13H,3-10H2,1-2H3. The molecule has 3 heteroatoms. The van der Waals surface area contributed by atoms with Crippen molar-refractivity contribution < 1.29 is 0 Å². The Bertz CT molecular complexity index is 398. The zero-order valence-electron chi connectivity index (χ0n) is 12.2. The lowest BCUT2D eigenvalue weighted by Gasteiger charge is -2.27. The van der Waals surface area contributed by atoms with E-state index in [4.69, 9.17) is 16.6 Å². The molecular weight excluding hydrogens is 256 g/mol. The molecule has 2 nitrogen and oxygen atoms in total. The zero-order chi connectivity index (χ0) is 13.7. The predicted octanol–water partition coefficient (Wildman–Crippen LogP) is 5.16. The summed E-state index contributed by atoms with van der Waals surface area (Å²) in [5, 5.41) is 0.615. The number of aromatic nitrogens is 2. The SMILES string of the molecule is CCCc1cc(Cl)nc(C2CCC(CCC)CC2)n1. The topological polar surface area (TPSA) is 25.8 Å². The van der Waals surface area contributed by atoms with Crippen LogP contribution in [0.4, 0.5) is 0 Å². The Morgan fingerprint density at radius 3 is 2.47 bits per heavy atom. The second kappa shape index (κ2) is 7.23. The molecule has 0 saturated heterocycles. The summed E-state index contributed by atoms with van der Waals surface area (Å²) < 4.78 is 0. The molecule has 1 heterocycles. The maximum absolute atomic E-state index is 6.13. The van der Waals surface area contributed by atoms with E-state index in [1.807, 2.05) is 6.07 Å². The lowest BCUT2D eigenvalue weighted by molar-refractivity contribution is 0.302. The lowest BCUT2D eigenvalue weighted by Crippen LogP contribution is -2.16. The molecule has 1 aromatic heterocycles. The second-order valence-corrected chi connectivity index (χ2v) is 6.18. The third-order valence-corrected chi connectivity index (χ3v) is 4.37. The highest BCUT2D eigenvalue weighted by molar-refractivity contribution is 6.29. The maximum atomic E-state index is 6.13. The van der Waals surface area contributed by atoms with E-state index < -0.39 is 0 Å². The van der Waals surface area contributed by atoms with Crippen LogP contribution in [0.1, 0.15) is 76.2 Å². The summed E-state index contributed by atoms with van der Waals surface area (Å²) in [7, 11) is 0. The van der Waals surface area contributed by atoms with E-state index in [1.165, 1.54) is 38.5 Å². The van der Waals surface area contributed by atoms with Gasteiger partial charge in [0.05, 0.1) is 0 Å². The van der Waals surface area contributed by atoms with Crippen LogP contribution in [0.15, 0.2) is 6.07 Å². The Kier molecular flexibility index (Phi) is 5.62. The molecule has 2 rings (SSSR count). The minimum Gasteiger partial charge on any atom is -0.238 e. The lowest BCUT2D eigenvalue weighted by atomic mass is 9.80. The first kappa shape index (κ1) is 14.8. The first-order chi connectivity index (χ1) is 9.22. The first-order valence-corrected chi connectivity index (χ1v) is 8.14. The van der Waals surface area contributed by atoms with Crippen LogP contribution in [0.3, 0.4) is 0 Å². The molecule has 0 atom stereocenters. The minimum atomic E-state index is 0.530. The predicted molar refractivity (Wildman–Crippen MR) is 80.6 cm³/mol. The van der Waals surface area contributed by atoms with Crippen molar-refractivity contribution in [1.82, 2.24) is 9.97 Å². The Labute approximate surface area is 122 Å². The average molecular weight is 281 g/mol. The van der Waals surface area contributed by atoms with Gasteiger partial charge in [0.25, 0.3) is 0 Å². The number of rotatable bonds is 5. The second-order valence-electron chi connectivity index (χ2n) is 5.80. The van der Waals surface area contributed by atoms with Crippen LogP contribution in [-0.4, -0.2) is 9.97 Å². The fraction of sp³-hybridized carbons (Fsp3) is 0.750. The highest BCUT2D eigenvalue weighted by Crippen LogP contribution is 2.36. The first-order valence-electron chi connectivity index (χ1n) is 7.76. The fourth-order valence-corrected chi connectivity index (χ4v) is 3.38. The van der Waals surface area contributed by atoms with Crippen molar-refractivity contribution in [2.75, 3.05) is 0 Å². The van der Waals surface area contributed by atoms with Crippen LogP contribution >= 0.6 is 11.6 Å². The van der Waals surface area contributed by atoms with Crippen molar-refractivity contribution in [2.24, 2.45) is 5.92 Å². The summed E-state index contributed by atoms with van der Waals surface area (Å²) in [5.74, 6) is 2.45. The van der Waals surface area contributed by atoms with Crippen molar-refractivity contribution >= 4 is 11.6 Å². The summed E-state index contributed by atoms with van der Waals surface area (Å²) in [6.45, 7) is 4.45. The molecule has 0 amide bonds. The van der Waals surface area contributed by atoms with E-state index in [0.717, 1.165) is 30.3 Å². The van der Waals surface area contributed by atoms with Gasteiger partial charge in [-0.15, -0.1) is 0 Å². The minimum absolute atomic E-state index is 0.530. The van der Waals surface area contributed by atoms with Crippen LogP contribution in [-0.2, 0) is 6.42 Å². The van der Waals surface area contributed by atoms with Crippen LogP contribution in [0.25, 0.3) is 0 Å². The molecule has 1 aliphatic carbocycles. The van der Waals surface area contributed by atoms with E-state index >= 15 is 0 Å². The van der Waals surface area contributed by atoms with Crippen LogP contribution in [0, 0.1) is 5.92 Å². The van der Waals surface area contributed by atoms with Crippen molar-refractivity contribution in [3.8, 4) is 0 Å². The monoisotopic (exact) mass is 280 g/mol. The van der Waals surface area contributed by atoms with Crippen molar-refractivity contribution in [1.29, 1.82) is 0 Å². The summed E-state index contributed by atoms with van der Waals surface area (Å²) in [5.41, 5.74) is 1.10. The van der Waals surface area contributed by atoms with Gasteiger partial charge >= 0.3 is 0 Å². The molecular formula is C16H25ClN2. The third kappa shape index (κ3) is 4.17. The van der Waals surface area contributed by atoms with E-state index in [1.54, 1.807) is 0 Å². The summed E-state index contributed by atoms with van der Waals surface area (Å²) in [4.78, 5) is 9.19. The normalized spacial score (nSPS) is 23.5. The number of nitrogens with zero attached hydrogens (tertiary/aromatic N) is 2. The molecule has 1 saturated carbocycles. The number of aryl methyl sites for hydroxylation is 1. The molecule has 0 spiro atoms. The van der Waals surface area contributed by atoms with Crippen LogP contribution in [0.2, 0.25) is 5.15 Å². The Balaban J connectivity index is 2.02. The van der Waals surface area contributed by atoms with Gasteiger partial charge in [-0.05, 0) is 44.1 Å². The number of hydrogen-bond donors (Lipinski definition) is 0. The van der Waals surface area contributed by atoms with Gasteiger partial charge < -0.3 is 0 Å². The van der Waals surface area contributed by atoms with Gasteiger partial charge in [0.2, 0.25) is 0 Å². The van der Waals surface area contributed by atoms with Crippen molar-refractivity contribution in [3.63, 3.8) is 0 Å². The highest BCUT2D eigenvalue weighted by atomic mass is 35.5. The summed E-state index contributed by atoms with van der Waals surface area (Å²) >= 11 is 6.13. The molecule has 0 N–H and O–H groups in total. The van der Waals surface area contributed by atoms with Crippen LogP contribution < -0.4 is 0 Å². The van der Waals surface area contributed by atoms with Crippen LogP contribution in [0.5, 0.6) is 0 Å². The summed E-state index contributed by atoms with van der Waals surface area (Å²) in [6, 6.07) is 1.91. The van der Waals surface area contributed by atoms with Gasteiger partial charge in [0.1, 0.15) is 11.0 Å². The van der Waals surface area contributed by atoms with Crippen molar-refractivity contribution in [2.45, 2.75) is 71.1 Å². The summed E-state index contributed by atoms with van der Waals surface area (Å²) in [6.07, 6.45) is 9.92. The molecule has 1 aliphatic rings. The molecule has 19 heavy (non-hydrogen) atoms. The van der Waals surface area contributed by atoms with E-state index in [-0.39, 0.29) is 0 Å². The van der Waals surface area contributed by atoms with Gasteiger partial charge in [-0.25, -0.2) is 9.97 Å². The molecule has 0 aromatic carbocycles. The molecule has 0 unspecified atom stereocenters. The number of hydrogen-bond acceptors (Lipinski definition) is 2.